The van der Waals surface area contributed by atoms with Gasteiger partial charge in [-0.05, 0) is 43.4 Å². The molecule has 106 valence electrons. The van der Waals surface area contributed by atoms with Gasteiger partial charge in [0, 0.05) is 0 Å². The number of aryl methyl sites for hydroxylation is 1. The maximum Gasteiger partial charge on any atom is 0.161 e. The van der Waals surface area contributed by atoms with E-state index < -0.39 is 0 Å². The van der Waals surface area contributed by atoms with Crippen molar-refractivity contribution in [1.82, 2.24) is 0 Å². The van der Waals surface area contributed by atoms with Gasteiger partial charge in [0.2, 0.25) is 0 Å². The Morgan fingerprint density at radius 2 is 2.00 bits per heavy atom. The van der Waals surface area contributed by atoms with Gasteiger partial charge in [-0.2, -0.15) is 0 Å². The molecule has 2 rings (SSSR count). The average molecular weight is 264 g/mol. The Bertz CT molecular complexity index is 403. The molecule has 2 atom stereocenters. The van der Waals surface area contributed by atoms with Crippen molar-refractivity contribution in [3.05, 3.63) is 23.8 Å². The number of epoxide rings is 1. The van der Waals surface area contributed by atoms with Crippen LogP contribution < -0.4 is 9.47 Å². The SMILES string of the molecule is CCCOc1ccc(CCC2OC2CC)cc1OC. The van der Waals surface area contributed by atoms with Crippen LogP contribution in [0.3, 0.4) is 0 Å². The summed E-state index contributed by atoms with van der Waals surface area (Å²) in [5.74, 6) is 1.66. The van der Waals surface area contributed by atoms with Gasteiger partial charge in [0.15, 0.2) is 11.5 Å². The lowest BCUT2D eigenvalue weighted by Crippen LogP contribution is -2.00. The van der Waals surface area contributed by atoms with E-state index in [1.807, 2.05) is 6.07 Å². The molecule has 2 unspecified atom stereocenters. The van der Waals surface area contributed by atoms with Crippen LogP contribution in [0.15, 0.2) is 18.2 Å². The molecular formula is C16H24O3. The van der Waals surface area contributed by atoms with Crippen molar-refractivity contribution < 1.29 is 14.2 Å². The Morgan fingerprint density at radius 1 is 1.16 bits per heavy atom. The Morgan fingerprint density at radius 3 is 2.63 bits per heavy atom. The van der Waals surface area contributed by atoms with E-state index in [2.05, 4.69) is 26.0 Å². The van der Waals surface area contributed by atoms with E-state index in [0.717, 1.165) is 43.8 Å². The third-order valence-electron chi connectivity index (χ3n) is 3.50. The van der Waals surface area contributed by atoms with Crippen molar-refractivity contribution >= 4 is 0 Å². The van der Waals surface area contributed by atoms with E-state index in [9.17, 15) is 0 Å². The minimum atomic E-state index is 0.465. The summed E-state index contributed by atoms with van der Waals surface area (Å²) in [6.07, 6.45) is 5.21. The van der Waals surface area contributed by atoms with Gasteiger partial charge >= 0.3 is 0 Å². The average Bonchev–Trinajstić information content (AvgIpc) is 3.22. The molecule has 1 aliphatic heterocycles. The molecule has 0 bridgehead atoms. The molecule has 0 amide bonds. The summed E-state index contributed by atoms with van der Waals surface area (Å²) in [4.78, 5) is 0. The van der Waals surface area contributed by atoms with Crippen LogP contribution in [0.5, 0.6) is 11.5 Å². The lowest BCUT2D eigenvalue weighted by molar-refractivity contribution is 0.294. The lowest BCUT2D eigenvalue weighted by atomic mass is 10.1. The molecule has 0 spiro atoms. The van der Waals surface area contributed by atoms with Crippen molar-refractivity contribution in [3.8, 4) is 11.5 Å². The number of methoxy groups -OCH3 is 1. The van der Waals surface area contributed by atoms with Crippen LogP contribution in [0.2, 0.25) is 0 Å². The van der Waals surface area contributed by atoms with E-state index in [4.69, 9.17) is 14.2 Å². The smallest absolute Gasteiger partial charge is 0.161 e. The van der Waals surface area contributed by atoms with E-state index >= 15 is 0 Å². The van der Waals surface area contributed by atoms with Gasteiger partial charge < -0.3 is 14.2 Å². The van der Waals surface area contributed by atoms with Crippen LogP contribution in [0, 0.1) is 0 Å². The summed E-state index contributed by atoms with van der Waals surface area (Å²) in [5.41, 5.74) is 1.28. The van der Waals surface area contributed by atoms with E-state index in [0.29, 0.717) is 12.2 Å². The first-order valence-electron chi connectivity index (χ1n) is 7.23. The van der Waals surface area contributed by atoms with Crippen molar-refractivity contribution in [2.75, 3.05) is 13.7 Å². The highest BCUT2D eigenvalue weighted by Crippen LogP contribution is 2.32. The van der Waals surface area contributed by atoms with Crippen LogP contribution in [0.25, 0.3) is 0 Å². The fourth-order valence-corrected chi connectivity index (χ4v) is 2.30. The molecule has 0 aliphatic carbocycles. The molecule has 19 heavy (non-hydrogen) atoms. The monoisotopic (exact) mass is 264 g/mol. The summed E-state index contributed by atoms with van der Waals surface area (Å²) in [6, 6.07) is 6.21. The van der Waals surface area contributed by atoms with Gasteiger partial charge in [-0.3, -0.25) is 0 Å². The number of hydrogen-bond donors (Lipinski definition) is 0. The summed E-state index contributed by atoms with van der Waals surface area (Å²) >= 11 is 0. The number of hydrogen-bond acceptors (Lipinski definition) is 3. The second-order valence-corrected chi connectivity index (χ2v) is 4.99. The van der Waals surface area contributed by atoms with E-state index in [1.165, 1.54) is 5.56 Å². The Labute approximate surface area is 115 Å². The first-order chi connectivity index (χ1) is 9.28. The van der Waals surface area contributed by atoms with Gasteiger partial charge in [0.25, 0.3) is 0 Å². The van der Waals surface area contributed by atoms with Crippen molar-refractivity contribution in [3.63, 3.8) is 0 Å². The second kappa shape index (κ2) is 6.80. The molecule has 1 fully saturated rings. The van der Waals surface area contributed by atoms with Crippen LogP contribution in [0.4, 0.5) is 0 Å². The fraction of sp³-hybridized carbons (Fsp3) is 0.625. The number of benzene rings is 1. The zero-order valence-electron chi connectivity index (χ0n) is 12.1. The first-order valence-corrected chi connectivity index (χ1v) is 7.23. The third kappa shape index (κ3) is 3.87. The lowest BCUT2D eigenvalue weighted by Gasteiger charge is -2.11. The Kier molecular flexibility index (Phi) is 5.08. The zero-order valence-corrected chi connectivity index (χ0v) is 12.1. The van der Waals surface area contributed by atoms with Gasteiger partial charge in [0.05, 0.1) is 25.9 Å². The quantitative estimate of drug-likeness (QED) is 0.672. The molecule has 1 aromatic rings. The van der Waals surface area contributed by atoms with E-state index in [1.54, 1.807) is 7.11 Å². The molecule has 0 saturated carbocycles. The molecule has 3 heteroatoms. The van der Waals surface area contributed by atoms with Gasteiger partial charge in [-0.25, -0.2) is 0 Å². The molecule has 1 aromatic carbocycles. The van der Waals surface area contributed by atoms with Crippen LogP contribution in [0.1, 0.15) is 38.7 Å². The predicted molar refractivity (Wildman–Crippen MR) is 76.1 cm³/mol. The highest BCUT2D eigenvalue weighted by molar-refractivity contribution is 5.43. The van der Waals surface area contributed by atoms with Crippen molar-refractivity contribution in [1.29, 1.82) is 0 Å². The maximum atomic E-state index is 5.65. The summed E-state index contributed by atoms with van der Waals surface area (Å²) in [7, 11) is 1.69. The molecule has 1 heterocycles. The minimum absolute atomic E-state index is 0.465. The fourth-order valence-electron chi connectivity index (χ4n) is 2.30. The van der Waals surface area contributed by atoms with Gasteiger partial charge in [-0.1, -0.05) is 19.9 Å². The van der Waals surface area contributed by atoms with Crippen molar-refractivity contribution in [2.24, 2.45) is 0 Å². The normalized spacial score (nSPS) is 21.2. The van der Waals surface area contributed by atoms with Gasteiger partial charge in [-0.15, -0.1) is 0 Å². The standard InChI is InChI=1S/C16H24O3/c1-4-10-18-14-8-6-12(11-16(14)17-3)7-9-15-13(5-2)19-15/h6,8,11,13,15H,4-5,7,9-10H2,1-3H3. The number of rotatable bonds is 8. The summed E-state index contributed by atoms with van der Waals surface area (Å²) in [6.45, 7) is 5.00. The molecular weight excluding hydrogens is 240 g/mol. The Hall–Kier alpha value is -1.22. The highest BCUT2D eigenvalue weighted by Gasteiger charge is 2.35. The molecule has 3 nitrogen and oxygen atoms in total. The minimum Gasteiger partial charge on any atom is -0.493 e. The highest BCUT2D eigenvalue weighted by atomic mass is 16.6. The predicted octanol–water partition coefficient (Wildman–Crippen LogP) is 3.59. The topological polar surface area (TPSA) is 31.0 Å². The van der Waals surface area contributed by atoms with E-state index in [-0.39, 0.29) is 0 Å². The maximum absolute atomic E-state index is 5.65. The van der Waals surface area contributed by atoms with Crippen LogP contribution in [-0.2, 0) is 11.2 Å². The molecule has 1 aliphatic rings. The van der Waals surface area contributed by atoms with Crippen LogP contribution >= 0.6 is 0 Å². The summed E-state index contributed by atoms with van der Waals surface area (Å²) < 4.78 is 16.6. The Balaban J connectivity index is 1.90. The third-order valence-corrected chi connectivity index (χ3v) is 3.50. The molecule has 0 N–H and O–H groups in total. The first kappa shape index (κ1) is 14.2. The summed E-state index contributed by atoms with van der Waals surface area (Å²) in [5, 5.41) is 0. The second-order valence-electron chi connectivity index (χ2n) is 4.99. The van der Waals surface area contributed by atoms with Gasteiger partial charge in [0.1, 0.15) is 0 Å². The molecule has 0 radical (unpaired) electrons. The largest absolute Gasteiger partial charge is 0.493 e. The molecule has 0 aromatic heterocycles. The molecule has 1 saturated heterocycles. The number of ether oxygens (including phenoxy) is 3. The van der Waals surface area contributed by atoms with Crippen LogP contribution in [-0.4, -0.2) is 25.9 Å². The zero-order chi connectivity index (χ0) is 13.7. The van der Waals surface area contributed by atoms with Crippen molar-refractivity contribution in [2.45, 2.75) is 51.7 Å².